The number of carbonyl (C=O) groups is 4. The number of alkyl halides is 2. The van der Waals surface area contributed by atoms with Crippen LogP contribution in [0.2, 0.25) is 6.43 Å². The molecule has 7 nitrogen and oxygen atoms in total. The fraction of sp³-hybridized carbons (Fsp3) is 0.273. The molecule has 4 amide bonds. The Morgan fingerprint density at radius 2 is 2.06 bits per heavy atom. The van der Waals surface area contributed by atoms with Crippen molar-refractivity contribution in [2.45, 2.75) is 37.8 Å². The third kappa shape index (κ3) is 4.08. The van der Waals surface area contributed by atoms with Crippen LogP contribution in [0.25, 0.3) is 0 Å². The lowest BCUT2D eigenvalue weighted by atomic mass is 10.0. The normalized spacial score (nSPS) is 23.9. The predicted octanol–water partition coefficient (Wildman–Crippen LogP) is 2.51. The summed E-state index contributed by atoms with van der Waals surface area (Å²) in [6.45, 7) is -3.79. The lowest BCUT2D eigenvalue weighted by molar-refractivity contribution is -0.147. The number of carbonyl (C=O) groups excluding carboxylic acids is 4. The molecule has 2 aromatic carbocycles. The number of hydrogen-bond acceptors (Lipinski definition) is 4. The van der Waals surface area contributed by atoms with E-state index in [1.807, 2.05) is 0 Å². The van der Waals surface area contributed by atoms with Gasteiger partial charge in [0, 0.05) is 35.6 Å². The molecule has 10 heteroatoms. The van der Waals surface area contributed by atoms with Gasteiger partial charge in [0.05, 0.1) is 5.48 Å². The number of imide groups is 1. The van der Waals surface area contributed by atoms with E-state index in [2.05, 4.69) is 5.32 Å². The first-order chi connectivity index (χ1) is 17.3. The maximum absolute atomic E-state index is 14.8. The molecule has 2 heterocycles. The SMILES string of the molecule is [2H]c1c(C([2H])N([2H])C(=O)C(F)(F)c2ccc(Cl)cc2)cc2c(c1[2H])C(=O)N(C1CCC(=O)NC1=O)C2[2H]. The zero-order valence-electron chi connectivity index (χ0n) is 21.2. The van der Waals surface area contributed by atoms with Crippen molar-refractivity contribution in [3.05, 3.63) is 69.7 Å². The largest absolute Gasteiger partial charge is 0.349 e. The van der Waals surface area contributed by atoms with Gasteiger partial charge < -0.3 is 10.2 Å². The number of fused-ring (bicyclic) bond motifs is 1. The number of nitrogens with one attached hydrogen (secondary N) is 2. The Labute approximate surface area is 193 Å². The van der Waals surface area contributed by atoms with Crippen molar-refractivity contribution in [2.75, 3.05) is 0 Å². The van der Waals surface area contributed by atoms with Crippen LogP contribution in [0.1, 0.15) is 45.4 Å². The molecule has 2 aliphatic rings. The summed E-state index contributed by atoms with van der Waals surface area (Å²) in [5.41, 5.74) is -1.88. The van der Waals surface area contributed by atoms with Gasteiger partial charge in [0.1, 0.15) is 6.04 Å². The van der Waals surface area contributed by atoms with Crippen molar-refractivity contribution in [3.8, 4) is 0 Å². The van der Waals surface area contributed by atoms with E-state index in [1.165, 1.54) is 0 Å². The summed E-state index contributed by atoms with van der Waals surface area (Å²) in [5.74, 6) is -8.56. The minimum atomic E-state index is -4.22. The van der Waals surface area contributed by atoms with Crippen LogP contribution in [0.5, 0.6) is 0 Å². The molecule has 166 valence electrons. The second-order valence-corrected chi connectivity index (χ2v) is 7.57. The molecule has 0 aromatic heterocycles. The summed E-state index contributed by atoms with van der Waals surface area (Å²) >= 11 is 5.68. The quantitative estimate of drug-likeness (QED) is 0.662. The first-order valence-corrected chi connectivity index (χ1v) is 9.76. The van der Waals surface area contributed by atoms with E-state index < -0.39 is 71.8 Å². The van der Waals surface area contributed by atoms with E-state index >= 15 is 0 Å². The van der Waals surface area contributed by atoms with Crippen LogP contribution in [0.3, 0.4) is 0 Å². The van der Waals surface area contributed by atoms with E-state index in [0.29, 0.717) is 0 Å². The van der Waals surface area contributed by atoms with Crippen LogP contribution in [0, 0.1) is 0 Å². The van der Waals surface area contributed by atoms with E-state index in [9.17, 15) is 28.0 Å². The van der Waals surface area contributed by atoms with Gasteiger partial charge in [-0.2, -0.15) is 8.78 Å². The minimum absolute atomic E-state index is 0.0659. The van der Waals surface area contributed by atoms with Crippen molar-refractivity contribution >= 4 is 35.2 Å². The molecule has 0 radical (unpaired) electrons. The second-order valence-electron chi connectivity index (χ2n) is 7.13. The van der Waals surface area contributed by atoms with Crippen molar-refractivity contribution < 1.29 is 34.9 Å². The highest BCUT2D eigenvalue weighted by Crippen LogP contribution is 2.30. The van der Waals surface area contributed by atoms with E-state index in [-0.39, 0.29) is 34.3 Å². The highest BCUT2D eigenvalue weighted by Gasteiger charge is 2.41. The lowest BCUT2D eigenvalue weighted by Crippen LogP contribution is -2.52. The molecule has 0 saturated carbocycles. The molecular formula is C22H18ClF2N3O4. The molecule has 1 saturated heterocycles. The summed E-state index contributed by atoms with van der Waals surface area (Å²) in [6.07, 6.45) is -0.151. The van der Waals surface area contributed by atoms with Crippen molar-refractivity contribution in [1.82, 2.24) is 15.5 Å². The Morgan fingerprint density at radius 3 is 2.75 bits per heavy atom. The monoisotopic (exact) mass is 466 g/mol. The molecule has 2 aromatic rings. The van der Waals surface area contributed by atoms with Crippen molar-refractivity contribution in [1.29, 1.82) is 0 Å². The highest BCUT2D eigenvalue weighted by molar-refractivity contribution is 6.30. The van der Waals surface area contributed by atoms with Crippen LogP contribution in [-0.4, -0.2) is 34.6 Å². The van der Waals surface area contributed by atoms with Crippen LogP contribution < -0.4 is 10.6 Å². The number of piperidine rings is 1. The number of halogens is 3. The van der Waals surface area contributed by atoms with Gasteiger partial charge in [0.15, 0.2) is 1.41 Å². The summed E-state index contributed by atoms with van der Waals surface area (Å²) in [7, 11) is 0. The van der Waals surface area contributed by atoms with Gasteiger partial charge in [0.2, 0.25) is 11.8 Å². The van der Waals surface area contributed by atoms with E-state index in [4.69, 9.17) is 18.5 Å². The predicted molar refractivity (Wildman–Crippen MR) is 110 cm³/mol. The van der Waals surface area contributed by atoms with Gasteiger partial charge in [-0.3, -0.25) is 24.5 Å². The number of nitrogens with zero attached hydrogens (tertiary/aromatic N) is 1. The first kappa shape index (κ1) is 16.3. The topological polar surface area (TPSA) is 95.6 Å². The molecular weight excluding hydrogens is 444 g/mol. The highest BCUT2D eigenvalue weighted by atomic mass is 35.5. The van der Waals surface area contributed by atoms with Crippen LogP contribution in [0.4, 0.5) is 8.78 Å². The third-order valence-corrected chi connectivity index (χ3v) is 5.25. The molecule has 2 N–H and O–H groups in total. The molecule has 2 aliphatic heterocycles. The summed E-state index contributed by atoms with van der Waals surface area (Å²) in [4.78, 5) is 50.1. The summed E-state index contributed by atoms with van der Waals surface area (Å²) in [6, 6.07) is 2.27. The average molecular weight is 467 g/mol. The van der Waals surface area contributed by atoms with Gasteiger partial charge in [-0.05, 0) is 35.7 Å². The van der Waals surface area contributed by atoms with Gasteiger partial charge >= 0.3 is 5.92 Å². The van der Waals surface area contributed by atoms with Gasteiger partial charge in [-0.15, -0.1) is 0 Å². The Morgan fingerprint density at radius 1 is 1.34 bits per heavy atom. The van der Waals surface area contributed by atoms with Crippen LogP contribution in [0.15, 0.2) is 42.4 Å². The number of benzene rings is 2. The van der Waals surface area contributed by atoms with Gasteiger partial charge in [-0.1, -0.05) is 35.8 Å². The van der Waals surface area contributed by atoms with Gasteiger partial charge in [0.25, 0.3) is 11.8 Å². The Balaban J connectivity index is 1.66. The molecule has 1 fully saturated rings. The molecule has 0 aliphatic carbocycles. The number of hydrogen-bond donors (Lipinski definition) is 2. The Hall–Kier alpha value is -3.33. The van der Waals surface area contributed by atoms with E-state index in [0.717, 1.165) is 35.2 Å². The van der Waals surface area contributed by atoms with E-state index in [1.54, 1.807) is 0 Å². The maximum atomic E-state index is 14.8. The number of rotatable bonds is 5. The Bertz CT molecular complexity index is 1330. The molecule has 32 heavy (non-hydrogen) atoms. The smallest absolute Gasteiger partial charge is 0.346 e. The fourth-order valence-corrected chi connectivity index (χ4v) is 3.47. The zero-order chi connectivity index (χ0) is 27.4. The lowest BCUT2D eigenvalue weighted by Gasteiger charge is -2.29. The van der Waals surface area contributed by atoms with Crippen molar-refractivity contribution in [3.63, 3.8) is 0 Å². The fourth-order valence-electron chi connectivity index (χ4n) is 3.34. The summed E-state index contributed by atoms with van der Waals surface area (Å²) < 4.78 is 70.7. The standard InChI is InChI=1S/C22H18ClF2N3O4/c23-15-4-2-14(3-5-15)22(24,25)21(32)26-10-12-1-6-16-13(9-12)11-28(20(16)31)17-7-8-18(29)27-19(17)30/h1-6,9,17H,7-8,10-11H2,(H,26,32)(H,27,29,30)/i1D,6D,10D,11D/hD. The van der Waals surface area contributed by atoms with Gasteiger partial charge in [-0.25, -0.2) is 0 Å². The number of amides is 4. The molecule has 3 atom stereocenters. The molecule has 0 spiro atoms. The Kier molecular flexibility index (Phi) is 4.24. The second kappa shape index (κ2) is 8.31. The minimum Gasteiger partial charge on any atom is -0.346 e. The maximum Gasteiger partial charge on any atom is 0.349 e. The summed E-state index contributed by atoms with van der Waals surface area (Å²) in [5, 5.41) is 1.86. The third-order valence-electron chi connectivity index (χ3n) is 5.00. The molecule has 4 rings (SSSR count). The van der Waals surface area contributed by atoms with Crippen LogP contribution in [-0.2, 0) is 33.3 Å². The first-order valence-electron chi connectivity index (χ1n) is 12.0. The van der Waals surface area contributed by atoms with Crippen LogP contribution >= 0.6 is 11.6 Å². The molecule has 3 unspecified atom stereocenters. The zero-order valence-corrected chi connectivity index (χ0v) is 17.0. The average Bonchev–Trinajstić information content (AvgIpc) is 3.09. The molecule has 0 bridgehead atoms. The van der Waals surface area contributed by atoms with Crippen molar-refractivity contribution in [2.24, 2.45) is 0 Å².